The molecule has 7 nitrogen and oxygen atoms in total. The Balaban J connectivity index is 0.000000287. The molecule has 0 bridgehead atoms. The number of imide groups is 1. The minimum absolute atomic E-state index is 0.247. The van der Waals surface area contributed by atoms with Crippen molar-refractivity contribution in [2.75, 3.05) is 0 Å². The second-order valence-corrected chi connectivity index (χ2v) is 10.7. The summed E-state index contributed by atoms with van der Waals surface area (Å²) in [6.45, 7) is 0. The molecule has 2 amide bonds. The van der Waals surface area contributed by atoms with Gasteiger partial charge in [-0.25, -0.2) is 0 Å². The number of carboxylic acid groups (broad SMARTS) is 1. The van der Waals surface area contributed by atoms with Crippen LogP contribution in [0.1, 0.15) is 82.6 Å². The Labute approximate surface area is 215 Å². The summed E-state index contributed by atoms with van der Waals surface area (Å²) in [7, 11) is 0. The zero-order chi connectivity index (χ0) is 25.2. The predicted octanol–water partition coefficient (Wildman–Crippen LogP) is 6.58. The number of hydrogen-bond acceptors (Lipinski definition) is 6. The van der Waals surface area contributed by atoms with Crippen LogP contribution < -0.4 is 10.1 Å². The molecular weight excluding hydrogens is 490 g/mol. The molecule has 0 spiro atoms. The van der Waals surface area contributed by atoms with Crippen molar-refractivity contribution >= 4 is 52.5 Å². The number of ether oxygens (including phenoxy) is 1. The van der Waals surface area contributed by atoms with E-state index < -0.39 is 17.1 Å². The fourth-order valence-electron chi connectivity index (χ4n) is 4.70. The van der Waals surface area contributed by atoms with Crippen LogP contribution in [0, 0.1) is 11.8 Å². The second-order valence-electron chi connectivity index (χ2n) is 9.26. The fourth-order valence-corrected chi connectivity index (χ4v) is 5.59. The number of rotatable bonds is 8. The van der Waals surface area contributed by atoms with E-state index in [4.69, 9.17) is 21.4 Å². The molecule has 190 valence electrons. The average molecular weight is 522 g/mol. The Morgan fingerprint density at radius 3 is 2.17 bits per heavy atom. The third-order valence-electron chi connectivity index (χ3n) is 6.62. The van der Waals surface area contributed by atoms with Crippen LogP contribution in [0.5, 0.6) is 5.75 Å². The molecule has 2 N–H and O–H groups in total. The number of amides is 2. The zero-order valence-electron chi connectivity index (χ0n) is 19.7. The number of nitrogens with one attached hydrogen (secondary N) is 1. The van der Waals surface area contributed by atoms with Crippen molar-refractivity contribution in [3.05, 3.63) is 33.7 Å². The van der Waals surface area contributed by atoms with Crippen LogP contribution in [0.3, 0.4) is 0 Å². The number of halogens is 1. The molecule has 2 aliphatic carbocycles. The second kappa shape index (κ2) is 13.7. The molecule has 2 saturated carbocycles. The number of hydrogen-bond donors (Lipinski definition) is 2. The topological polar surface area (TPSA) is 110 Å². The highest BCUT2D eigenvalue weighted by molar-refractivity contribution is 8.18. The van der Waals surface area contributed by atoms with Gasteiger partial charge in [0.15, 0.2) is 0 Å². The van der Waals surface area contributed by atoms with E-state index in [1.807, 2.05) is 0 Å². The quantitative estimate of drug-likeness (QED) is 0.226. The largest absolute Gasteiger partial charge is 0.481 e. The Hall–Kier alpha value is -2.32. The number of esters is 1. The Bertz CT molecular complexity index is 967. The highest BCUT2D eigenvalue weighted by atomic mass is 35.5. The van der Waals surface area contributed by atoms with Crippen LogP contribution in [0.2, 0.25) is 5.02 Å². The van der Waals surface area contributed by atoms with E-state index >= 15 is 0 Å². The summed E-state index contributed by atoms with van der Waals surface area (Å²) in [6, 6.07) is 5.00. The molecular formula is C26H32ClNO6S. The van der Waals surface area contributed by atoms with E-state index in [2.05, 4.69) is 5.32 Å². The summed E-state index contributed by atoms with van der Waals surface area (Å²) >= 11 is 7.11. The normalized spacial score (nSPS) is 19.5. The van der Waals surface area contributed by atoms with Crippen molar-refractivity contribution < 1.29 is 29.0 Å². The SMILES string of the molecule is O=C(CCC1CCCC1)Oc1cccc(/C=C2\SC(=O)NC2=O)c1Cl.O=C(O)CCC1CCCC1. The number of carbonyl (C=O) groups excluding carboxylic acids is 3. The fraction of sp³-hybridized carbons (Fsp3) is 0.538. The average Bonchev–Trinajstić information content (AvgIpc) is 3.58. The van der Waals surface area contributed by atoms with E-state index in [1.165, 1.54) is 57.4 Å². The van der Waals surface area contributed by atoms with Gasteiger partial charge in [-0.05, 0) is 54.1 Å². The summed E-state index contributed by atoms with van der Waals surface area (Å²) in [4.78, 5) is 45.3. The van der Waals surface area contributed by atoms with E-state index in [0.29, 0.717) is 24.3 Å². The first kappa shape index (κ1) is 27.3. The van der Waals surface area contributed by atoms with Crippen LogP contribution >= 0.6 is 23.4 Å². The van der Waals surface area contributed by atoms with Gasteiger partial charge in [0.2, 0.25) is 0 Å². The van der Waals surface area contributed by atoms with Crippen LogP contribution in [0.25, 0.3) is 6.08 Å². The standard InChI is InChI=1S/C18H18ClNO4S.C8H14O2/c19-16-12(10-14-17(22)20-18(23)25-14)6-3-7-13(16)24-15(21)9-8-11-4-1-2-5-11;9-8(10)6-5-7-3-1-2-4-7/h3,6-7,10-11H,1-2,4-5,8-9H2,(H,20,22,23);7H,1-6H2,(H,9,10)/b14-10-;. The van der Waals surface area contributed by atoms with Crippen molar-refractivity contribution in [3.8, 4) is 5.75 Å². The van der Waals surface area contributed by atoms with Gasteiger partial charge in [0, 0.05) is 12.8 Å². The van der Waals surface area contributed by atoms with Crippen molar-refractivity contribution in [2.24, 2.45) is 11.8 Å². The molecule has 1 saturated heterocycles. The number of benzene rings is 1. The first-order valence-electron chi connectivity index (χ1n) is 12.3. The van der Waals surface area contributed by atoms with Crippen LogP contribution in [0.15, 0.2) is 23.1 Å². The molecule has 0 atom stereocenters. The third-order valence-corrected chi connectivity index (χ3v) is 7.83. The maximum atomic E-state index is 12.1. The summed E-state index contributed by atoms with van der Waals surface area (Å²) in [6.07, 6.45) is 14.0. The molecule has 0 radical (unpaired) electrons. The van der Waals surface area contributed by atoms with Gasteiger partial charge in [0.1, 0.15) is 5.75 Å². The van der Waals surface area contributed by atoms with E-state index in [-0.39, 0.29) is 21.6 Å². The smallest absolute Gasteiger partial charge is 0.311 e. The molecule has 4 rings (SSSR count). The Morgan fingerprint density at radius 2 is 1.63 bits per heavy atom. The van der Waals surface area contributed by atoms with Gasteiger partial charge in [-0.2, -0.15) is 0 Å². The first-order chi connectivity index (χ1) is 16.8. The van der Waals surface area contributed by atoms with E-state index in [9.17, 15) is 19.2 Å². The van der Waals surface area contributed by atoms with Gasteiger partial charge in [-0.15, -0.1) is 0 Å². The van der Waals surface area contributed by atoms with Crippen molar-refractivity contribution in [1.29, 1.82) is 0 Å². The number of aliphatic carboxylic acids is 1. The monoisotopic (exact) mass is 521 g/mol. The summed E-state index contributed by atoms with van der Waals surface area (Å²) in [5, 5.41) is 10.4. The van der Waals surface area contributed by atoms with Crippen LogP contribution in [0.4, 0.5) is 4.79 Å². The first-order valence-corrected chi connectivity index (χ1v) is 13.5. The van der Waals surface area contributed by atoms with Gasteiger partial charge in [-0.1, -0.05) is 75.1 Å². The number of carboxylic acids is 1. The minimum atomic E-state index is -0.646. The molecule has 0 unspecified atom stereocenters. The van der Waals surface area contributed by atoms with Gasteiger partial charge >= 0.3 is 11.9 Å². The van der Waals surface area contributed by atoms with Crippen molar-refractivity contribution in [1.82, 2.24) is 5.32 Å². The molecule has 35 heavy (non-hydrogen) atoms. The summed E-state index contributed by atoms with van der Waals surface area (Å²) < 4.78 is 5.38. The lowest BCUT2D eigenvalue weighted by Gasteiger charge is -2.10. The van der Waals surface area contributed by atoms with Crippen LogP contribution in [-0.2, 0) is 14.4 Å². The van der Waals surface area contributed by atoms with Crippen LogP contribution in [-0.4, -0.2) is 28.2 Å². The van der Waals surface area contributed by atoms with E-state index in [1.54, 1.807) is 18.2 Å². The highest BCUT2D eigenvalue weighted by Gasteiger charge is 2.25. The molecule has 0 aromatic heterocycles. The number of thioether (sulfide) groups is 1. The molecule has 3 fully saturated rings. The molecule has 9 heteroatoms. The lowest BCUT2D eigenvalue weighted by molar-refractivity contribution is -0.137. The van der Waals surface area contributed by atoms with Crippen molar-refractivity contribution in [2.45, 2.75) is 77.0 Å². The lowest BCUT2D eigenvalue weighted by Crippen LogP contribution is -2.17. The van der Waals surface area contributed by atoms with Gasteiger partial charge in [0.25, 0.3) is 11.1 Å². The maximum absolute atomic E-state index is 12.1. The molecule has 1 aromatic carbocycles. The molecule has 3 aliphatic rings. The lowest BCUT2D eigenvalue weighted by atomic mass is 10.0. The van der Waals surface area contributed by atoms with Gasteiger partial charge in [0.05, 0.1) is 9.93 Å². The summed E-state index contributed by atoms with van der Waals surface area (Å²) in [5.41, 5.74) is 0.523. The molecule has 1 aliphatic heterocycles. The minimum Gasteiger partial charge on any atom is -0.481 e. The zero-order valence-corrected chi connectivity index (χ0v) is 21.3. The van der Waals surface area contributed by atoms with Gasteiger partial charge < -0.3 is 9.84 Å². The number of carbonyl (C=O) groups is 4. The third kappa shape index (κ3) is 9.00. The Kier molecular flexibility index (Phi) is 10.7. The summed E-state index contributed by atoms with van der Waals surface area (Å²) in [5.74, 6) is 0.200. The maximum Gasteiger partial charge on any atom is 0.311 e. The van der Waals surface area contributed by atoms with Crippen molar-refractivity contribution in [3.63, 3.8) is 0 Å². The predicted molar refractivity (Wildman–Crippen MR) is 136 cm³/mol. The molecule has 1 heterocycles. The van der Waals surface area contributed by atoms with Gasteiger partial charge in [-0.3, -0.25) is 24.5 Å². The highest BCUT2D eigenvalue weighted by Crippen LogP contribution is 2.34. The van der Waals surface area contributed by atoms with E-state index in [0.717, 1.165) is 30.5 Å². The molecule has 1 aromatic rings. The Morgan fingerprint density at radius 1 is 1.03 bits per heavy atom.